The maximum Gasteiger partial charge on any atom is 0.513 e. The van der Waals surface area contributed by atoms with E-state index < -0.39 is 40.9 Å². The van der Waals surface area contributed by atoms with Crippen molar-refractivity contribution in [2.45, 2.75) is 366 Å². The summed E-state index contributed by atoms with van der Waals surface area (Å²) in [6, 6.07) is 3.78. The van der Waals surface area contributed by atoms with Crippen LogP contribution in [0.4, 0.5) is 19.2 Å². The number of rotatable bonds is 14. The zero-order valence-corrected chi connectivity index (χ0v) is 90.3. The number of ether oxygens (including phenoxy) is 8. The van der Waals surface area contributed by atoms with E-state index >= 15 is 0 Å². The van der Waals surface area contributed by atoms with Gasteiger partial charge in [-0.15, -0.1) is 23.5 Å². The van der Waals surface area contributed by atoms with Crippen molar-refractivity contribution in [3.05, 3.63) is 115 Å². The number of nitrogens with two attached hydrogens (primary N) is 3. The topological polar surface area (TPSA) is 349 Å². The van der Waals surface area contributed by atoms with E-state index in [2.05, 4.69) is 178 Å². The Morgan fingerprint density at radius 3 is 1.15 bits per heavy atom. The lowest BCUT2D eigenvalue weighted by atomic mass is 9.34. The Hall–Kier alpha value is -7.29. The Bertz CT molecular complexity index is 5130. The fourth-order valence-electron chi connectivity index (χ4n) is 28.5. The zero-order valence-electron chi connectivity index (χ0n) is 87.8. The Labute approximate surface area is 828 Å². The van der Waals surface area contributed by atoms with Crippen LogP contribution in [0.15, 0.2) is 81.7 Å². The van der Waals surface area contributed by atoms with Crippen molar-refractivity contribution < 1.29 is 91.6 Å². The molecule has 0 saturated heterocycles. The van der Waals surface area contributed by atoms with Gasteiger partial charge in [-0.25, -0.2) is 19.2 Å². The first kappa shape index (κ1) is 112. The molecule has 755 valence electrons. The molecule has 2 aromatic carbocycles. The van der Waals surface area contributed by atoms with Crippen LogP contribution in [0.5, 0.6) is 23.0 Å². The number of carbonyl (C=O) groups excluding carboxylic acids is 8. The number of benzene rings is 2. The molecule has 0 bridgehead atoms. The van der Waals surface area contributed by atoms with Gasteiger partial charge in [-0.1, -0.05) is 186 Å². The highest BCUT2D eigenvalue weighted by atomic mass is 32.2. The molecule has 0 aromatic heterocycles. The molecule has 13 aliphatic rings. The van der Waals surface area contributed by atoms with Crippen LogP contribution in [0.25, 0.3) is 0 Å². The number of phenols is 2. The first-order chi connectivity index (χ1) is 62.6. The van der Waals surface area contributed by atoms with Gasteiger partial charge in [-0.05, 0) is 323 Å². The highest BCUT2D eigenvalue weighted by Gasteiger charge is 2.72. The third kappa shape index (κ3) is 19.5. The van der Waals surface area contributed by atoms with E-state index in [1.54, 1.807) is 33.8 Å². The van der Waals surface area contributed by atoms with Gasteiger partial charge in [0.05, 0.1) is 33.5 Å². The molecule has 13 aliphatic carbocycles. The number of methoxy groups -OCH3 is 1. The van der Waals surface area contributed by atoms with Crippen LogP contribution in [-0.2, 0) is 58.4 Å². The van der Waals surface area contributed by atoms with E-state index in [1.165, 1.54) is 23.8 Å². The summed E-state index contributed by atoms with van der Waals surface area (Å²) in [4.78, 5) is 97.8. The molecule has 20 atom stereocenters. The normalized spacial score (nSPS) is 36.4. The molecule has 26 heteroatoms. The Balaban J connectivity index is 0.000000214. The molecular formula is C110H165BN3O19S3. The molecule has 3 amide bonds. The van der Waals surface area contributed by atoms with Gasteiger partial charge in [-0.2, -0.15) is 12.6 Å². The zero-order chi connectivity index (χ0) is 101. The highest BCUT2D eigenvalue weighted by molar-refractivity contribution is 8.00. The van der Waals surface area contributed by atoms with Crippen molar-refractivity contribution in [2.24, 2.45) is 105 Å². The number of ketones is 1. The predicted octanol–water partition coefficient (Wildman–Crippen LogP) is 25.1. The van der Waals surface area contributed by atoms with Gasteiger partial charge in [0.1, 0.15) is 0 Å². The lowest BCUT2D eigenvalue weighted by Gasteiger charge is -2.70. The maximum atomic E-state index is 13.2. The lowest BCUT2D eigenvalue weighted by molar-refractivity contribution is -0.167. The van der Waals surface area contributed by atoms with E-state index in [4.69, 9.17) is 50.7 Å². The van der Waals surface area contributed by atoms with E-state index in [0.29, 0.717) is 45.7 Å². The molecule has 0 aliphatic heterocycles. The summed E-state index contributed by atoms with van der Waals surface area (Å²) in [6.07, 6.45) is 28.9. The second-order valence-electron chi connectivity index (χ2n) is 46.1. The van der Waals surface area contributed by atoms with Crippen LogP contribution in [-0.4, -0.2) is 128 Å². The van der Waals surface area contributed by atoms with Crippen molar-refractivity contribution in [3.63, 3.8) is 0 Å². The standard InChI is InChI=1S/2C35H51NO5S.C32H43NO5.C4H8O3.C3H8S.CH4O.B/c1-10-40-30(39)41-23-17-22-27(21(4)28(23)37)24(42-20(2)3)18-25-33(22,7)14-16-35(9)26-19-32(6,29(36)38)12-11-31(26,5)13-15-34(25,35)8;1-10-40-30(39)41-28-21(4)27-22(17-23(28)37)33(7)14-16-35(9)26-19-32(6,29(36)38)12-11-31(26,5)13-15-34(35,8)25(33)18-24(27)42-20(2)3;1-8-37-27(36)38-25-19(2)20-9-10-23-30(5,21(20)17-22(25)34)14-16-32(7)24-18-29(4,26(33)35)12-11-28(24,3)13-15-31(23,32)6;1-3-7-4(5)6-2;1-3(2)4;1-2;/h2*17-18,20,24,26,37H,10-16,19H2,1-9H3,(H2,36,38);9-10,17,24H,8,11-16,18H2,1-7H3,(H2,33,35);3H2,1-2H3;3-4H,1-2H3;2H,1H3;/t2*24?,26-,31-,32-,33+,34-,35+;24-,28-,29-,30+,31-,32+;;;;/m111..../s1. The number of phenolic OH excluding ortho intramolecular Hbond substituents is 2. The summed E-state index contributed by atoms with van der Waals surface area (Å²) < 4.78 is 39.9. The number of thioether (sulfide) groups is 2. The predicted molar refractivity (Wildman–Crippen MR) is 545 cm³/mol. The average Bonchev–Trinajstić information content (AvgIpc) is 0.666. The van der Waals surface area contributed by atoms with Crippen molar-refractivity contribution in [2.75, 3.05) is 40.6 Å². The summed E-state index contributed by atoms with van der Waals surface area (Å²) in [5, 5.41) is 30.9. The smallest absolute Gasteiger partial charge is 0.504 e. The van der Waals surface area contributed by atoms with Gasteiger partial charge in [0.2, 0.25) is 23.5 Å². The molecule has 136 heavy (non-hydrogen) atoms. The lowest BCUT2D eigenvalue weighted by Crippen LogP contribution is -2.63. The number of amides is 3. The highest BCUT2D eigenvalue weighted by Crippen LogP contribution is 2.80. The minimum Gasteiger partial charge on any atom is -0.504 e. The van der Waals surface area contributed by atoms with Gasteiger partial charge in [-0.3, -0.25) is 19.2 Å². The average molecular weight is 1940 g/mol. The van der Waals surface area contributed by atoms with E-state index in [0.717, 1.165) is 186 Å². The summed E-state index contributed by atoms with van der Waals surface area (Å²) in [6.45, 7) is 62.0. The number of thiol groups is 1. The number of hydrogen-bond donors (Lipinski definition) is 7. The molecule has 3 radical (unpaired) electrons. The Morgan fingerprint density at radius 2 is 0.794 bits per heavy atom. The number of fused-ring (bicyclic) bond motifs is 21. The van der Waals surface area contributed by atoms with Crippen LogP contribution in [0, 0.1) is 102 Å². The van der Waals surface area contributed by atoms with Gasteiger partial charge in [0.15, 0.2) is 28.8 Å². The SMILES string of the molecule is CC(C)S.CCOC(=O)OC.CCOC(=O)OC1=C(C)C2=CC=C3[C@@](C)(CC[C@@]4(C)[C@@H]5C[C@](C)(C(N)=O)CC[C@]5(C)CC[C@]34C)C2=CC1=O.CCOC(=O)Oc1c(O)cc2c(c1C)C(SC(C)C)C=C1[C@@]2(C)CC[C@@]2(C)[C@@H]3C[C@](C)(C(N)=O)CC[C@]3(C)CC[C@]12C.CCOC(=O)Oc1cc2c(c(C)c1O)C(SC(C)C)C=C1[C@@]2(C)CC[C@@]2(C)[C@@H]3C[C@](C)(C(N)=O)CC[C@]3(C)CC[C@]12C.CO.[B]. The number of hydrogen-bond acceptors (Lipinski definition) is 22. The maximum absolute atomic E-state index is 13.2. The number of aliphatic hydroxyl groups is 1. The first-order valence-electron chi connectivity index (χ1n) is 49.8. The first-order valence-corrected chi connectivity index (χ1v) is 52.2. The summed E-state index contributed by atoms with van der Waals surface area (Å²) in [7, 11) is 2.28. The van der Waals surface area contributed by atoms with Crippen molar-refractivity contribution in [1.82, 2.24) is 0 Å². The summed E-state index contributed by atoms with van der Waals surface area (Å²) >= 11 is 7.77. The number of carbonyl (C=O) groups is 8. The monoisotopic (exact) mass is 1940 g/mol. The summed E-state index contributed by atoms with van der Waals surface area (Å²) in [5.74, 6) is 0.789. The molecule has 2 aromatic rings. The minimum absolute atomic E-state index is 0. The molecule has 0 spiro atoms. The van der Waals surface area contributed by atoms with Crippen molar-refractivity contribution >= 4 is 92.7 Å². The van der Waals surface area contributed by atoms with Gasteiger partial charge < -0.3 is 70.4 Å². The number of aromatic hydroxyl groups is 2. The summed E-state index contributed by atoms with van der Waals surface area (Å²) in [5.41, 5.74) is 29.3. The molecular weight excluding hydrogens is 1770 g/mol. The molecule has 0 heterocycles. The quantitative estimate of drug-likeness (QED) is 0.0231. The molecule has 9 fully saturated rings. The van der Waals surface area contributed by atoms with Gasteiger partial charge in [0, 0.05) is 69.6 Å². The van der Waals surface area contributed by atoms with Crippen LogP contribution in [0.3, 0.4) is 0 Å². The fraction of sp³-hybridized carbons (Fsp3) is 0.709. The second-order valence-corrected chi connectivity index (χ2v) is 50.6. The third-order valence-corrected chi connectivity index (χ3v) is 39.8. The van der Waals surface area contributed by atoms with Crippen LogP contribution >= 0.6 is 36.2 Å². The third-order valence-electron chi connectivity index (χ3n) is 37.4. The molecule has 2 unspecified atom stereocenters. The van der Waals surface area contributed by atoms with Gasteiger partial charge in [0.25, 0.3) is 0 Å². The number of primary amides is 3. The van der Waals surface area contributed by atoms with E-state index in [1.807, 2.05) is 70.3 Å². The molecule has 9 N–H and O–H groups in total. The van der Waals surface area contributed by atoms with Gasteiger partial charge >= 0.3 is 24.6 Å². The van der Waals surface area contributed by atoms with Crippen LogP contribution in [0.1, 0.15) is 359 Å². The minimum atomic E-state index is -0.854. The van der Waals surface area contributed by atoms with Crippen molar-refractivity contribution in [3.8, 4) is 23.0 Å². The van der Waals surface area contributed by atoms with Crippen LogP contribution in [0.2, 0.25) is 0 Å². The van der Waals surface area contributed by atoms with Crippen LogP contribution < -0.4 is 26.7 Å². The Kier molecular flexibility index (Phi) is 33.8. The molecule has 15 rings (SSSR count). The number of allylic oxidation sites excluding steroid dienone is 9. The van der Waals surface area contributed by atoms with Crippen molar-refractivity contribution in [1.29, 1.82) is 0 Å². The van der Waals surface area contributed by atoms with E-state index in [9.17, 15) is 48.6 Å². The second kappa shape index (κ2) is 41.0. The van der Waals surface area contributed by atoms with E-state index in [-0.39, 0.29) is 156 Å². The number of aliphatic hydroxyl groups excluding tert-OH is 1. The molecule has 22 nitrogen and oxygen atoms in total. The Morgan fingerprint density at radius 1 is 0.456 bits per heavy atom. The molecule has 9 saturated carbocycles. The fourth-order valence-corrected chi connectivity index (χ4v) is 31.0. The largest absolute Gasteiger partial charge is 0.513 e.